The summed E-state index contributed by atoms with van der Waals surface area (Å²) in [5.74, 6) is 2.48. The van der Waals surface area contributed by atoms with Crippen LogP contribution in [0.2, 0.25) is 0 Å². The summed E-state index contributed by atoms with van der Waals surface area (Å²) in [6.45, 7) is 5.98. The molecule has 0 aromatic heterocycles. The van der Waals surface area contributed by atoms with Crippen molar-refractivity contribution < 1.29 is 4.74 Å². The van der Waals surface area contributed by atoms with Gasteiger partial charge in [-0.1, -0.05) is 42.0 Å². The minimum absolute atomic E-state index is 0. The third-order valence-electron chi connectivity index (χ3n) is 5.37. The summed E-state index contributed by atoms with van der Waals surface area (Å²) in [5.41, 5.74) is 3.77. The number of aliphatic imine (C=N–C) groups is 1. The molecule has 0 amide bonds. The molecule has 5 nitrogen and oxygen atoms in total. The summed E-state index contributed by atoms with van der Waals surface area (Å²) in [7, 11) is 5.68. The van der Waals surface area contributed by atoms with Gasteiger partial charge in [0.05, 0.1) is 12.8 Å². The minimum atomic E-state index is 0. The molecule has 1 atom stereocenters. The van der Waals surface area contributed by atoms with Crippen LogP contribution in [-0.2, 0) is 6.54 Å². The Morgan fingerprint density at radius 2 is 1.93 bits per heavy atom. The Labute approximate surface area is 192 Å². The molecule has 0 bridgehead atoms. The van der Waals surface area contributed by atoms with Crippen LogP contribution in [0.1, 0.15) is 17.5 Å². The summed E-state index contributed by atoms with van der Waals surface area (Å²) in [6, 6.07) is 16.9. The number of hydrogen-bond donors (Lipinski definition) is 1. The van der Waals surface area contributed by atoms with E-state index in [-0.39, 0.29) is 24.0 Å². The van der Waals surface area contributed by atoms with E-state index in [1.807, 2.05) is 19.2 Å². The molecule has 1 aliphatic rings. The van der Waals surface area contributed by atoms with Crippen molar-refractivity contribution in [3.63, 3.8) is 0 Å². The van der Waals surface area contributed by atoms with Crippen LogP contribution in [0.25, 0.3) is 0 Å². The van der Waals surface area contributed by atoms with Gasteiger partial charge in [-0.25, -0.2) is 0 Å². The van der Waals surface area contributed by atoms with E-state index in [4.69, 9.17) is 4.74 Å². The van der Waals surface area contributed by atoms with E-state index in [0.717, 1.165) is 37.9 Å². The zero-order valence-corrected chi connectivity index (χ0v) is 20.2. The molecule has 1 saturated heterocycles. The number of aryl methyl sites for hydroxylation is 1. The Hall–Kier alpha value is -1.96. The second-order valence-corrected chi connectivity index (χ2v) is 7.54. The van der Waals surface area contributed by atoms with Crippen LogP contribution in [0.3, 0.4) is 0 Å². The van der Waals surface area contributed by atoms with Crippen LogP contribution >= 0.6 is 24.0 Å². The second kappa shape index (κ2) is 11.3. The van der Waals surface area contributed by atoms with Crippen LogP contribution in [0.4, 0.5) is 5.69 Å². The van der Waals surface area contributed by atoms with Crippen molar-refractivity contribution in [2.75, 3.05) is 45.7 Å². The Morgan fingerprint density at radius 3 is 2.62 bits per heavy atom. The first-order chi connectivity index (χ1) is 13.6. The van der Waals surface area contributed by atoms with Gasteiger partial charge in [-0.3, -0.25) is 4.99 Å². The standard InChI is InChI=1S/C23H32N4O.HI/c1-18-9-11-19(12-10-18)16-26(3)23(24-2)25-15-20-13-14-27(17-20)21-7-5-6-8-22(21)28-4;/h5-12,20H,13-17H2,1-4H3,(H,24,25);1H. The highest BCUT2D eigenvalue weighted by atomic mass is 127. The zero-order valence-electron chi connectivity index (χ0n) is 17.9. The number of hydrogen-bond acceptors (Lipinski definition) is 3. The molecule has 3 rings (SSSR count). The first-order valence-corrected chi connectivity index (χ1v) is 9.96. The number of methoxy groups -OCH3 is 1. The molecule has 158 valence electrons. The molecule has 0 aliphatic carbocycles. The van der Waals surface area contributed by atoms with E-state index >= 15 is 0 Å². The van der Waals surface area contributed by atoms with Crippen LogP contribution in [0.15, 0.2) is 53.5 Å². The highest BCUT2D eigenvalue weighted by Gasteiger charge is 2.24. The van der Waals surface area contributed by atoms with Gasteiger partial charge < -0.3 is 19.9 Å². The smallest absolute Gasteiger partial charge is 0.193 e. The summed E-state index contributed by atoms with van der Waals surface area (Å²) in [5, 5.41) is 3.56. The summed E-state index contributed by atoms with van der Waals surface area (Å²) in [4.78, 5) is 9.06. The zero-order chi connectivity index (χ0) is 19.9. The second-order valence-electron chi connectivity index (χ2n) is 7.54. The van der Waals surface area contributed by atoms with E-state index in [2.05, 4.69) is 70.5 Å². The molecular formula is C23H33IN4O. The number of para-hydroxylation sites is 2. The monoisotopic (exact) mass is 508 g/mol. The normalized spacial score (nSPS) is 16.3. The van der Waals surface area contributed by atoms with Crippen molar-refractivity contribution in [2.45, 2.75) is 19.9 Å². The van der Waals surface area contributed by atoms with E-state index < -0.39 is 0 Å². The number of rotatable bonds is 6. The van der Waals surface area contributed by atoms with Gasteiger partial charge in [0.25, 0.3) is 0 Å². The molecular weight excluding hydrogens is 475 g/mol. The number of nitrogens with one attached hydrogen (secondary N) is 1. The van der Waals surface area contributed by atoms with Crippen LogP contribution in [-0.4, -0.2) is 51.7 Å². The van der Waals surface area contributed by atoms with Gasteiger partial charge in [0.1, 0.15) is 5.75 Å². The van der Waals surface area contributed by atoms with E-state index in [9.17, 15) is 0 Å². The summed E-state index contributed by atoms with van der Waals surface area (Å²) in [6.07, 6.45) is 1.17. The van der Waals surface area contributed by atoms with Crippen LogP contribution in [0, 0.1) is 12.8 Å². The molecule has 2 aromatic carbocycles. The lowest BCUT2D eigenvalue weighted by molar-refractivity contribution is 0.414. The quantitative estimate of drug-likeness (QED) is 0.362. The van der Waals surface area contributed by atoms with Gasteiger partial charge in [0, 0.05) is 40.3 Å². The SMILES string of the molecule is CN=C(NCC1CCN(c2ccccc2OC)C1)N(C)Cc1ccc(C)cc1.I. The minimum Gasteiger partial charge on any atom is -0.495 e. The lowest BCUT2D eigenvalue weighted by Crippen LogP contribution is -2.41. The van der Waals surface area contributed by atoms with Gasteiger partial charge in [-0.2, -0.15) is 0 Å². The Balaban J connectivity index is 0.00000300. The van der Waals surface area contributed by atoms with E-state index in [1.54, 1.807) is 7.11 Å². The maximum absolute atomic E-state index is 5.52. The summed E-state index contributed by atoms with van der Waals surface area (Å²) >= 11 is 0. The number of anilines is 1. The van der Waals surface area contributed by atoms with Crippen molar-refractivity contribution in [2.24, 2.45) is 10.9 Å². The van der Waals surface area contributed by atoms with Gasteiger partial charge in [-0.15, -0.1) is 24.0 Å². The van der Waals surface area contributed by atoms with E-state index in [0.29, 0.717) is 5.92 Å². The fourth-order valence-electron chi connectivity index (χ4n) is 3.77. The maximum Gasteiger partial charge on any atom is 0.193 e. The maximum atomic E-state index is 5.52. The first-order valence-electron chi connectivity index (χ1n) is 9.96. The van der Waals surface area contributed by atoms with Gasteiger partial charge in [0.2, 0.25) is 0 Å². The van der Waals surface area contributed by atoms with Gasteiger partial charge in [-0.05, 0) is 37.0 Å². The number of ether oxygens (including phenoxy) is 1. The fourth-order valence-corrected chi connectivity index (χ4v) is 3.77. The summed E-state index contributed by atoms with van der Waals surface area (Å²) < 4.78 is 5.52. The predicted octanol–water partition coefficient (Wildman–Crippen LogP) is 4.16. The third-order valence-corrected chi connectivity index (χ3v) is 5.37. The average molecular weight is 508 g/mol. The molecule has 1 heterocycles. The van der Waals surface area contributed by atoms with Gasteiger partial charge in [0.15, 0.2) is 5.96 Å². The third kappa shape index (κ3) is 6.26. The molecule has 1 fully saturated rings. The van der Waals surface area contributed by atoms with Crippen LogP contribution < -0.4 is 15.0 Å². The lowest BCUT2D eigenvalue weighted by Gasteiger charge is -2.24. The highest BCUT2D eigenvalue weighted by Crippen LogP contribution is 2.31. The largest absolute Gasteiger partial charge is 0.495 e. The van der Waals surface area contributed by atoms with Crippen LogP contribution in [0.5, 0.6) is 5.75 Å². The number of guanidine groups is 1. The van der Waals surface area contributed by atoms with Crippen molar-refractivity contribution >= 4 is 35.6 Å². The average Bonchev–Trinajstić information content (AvgIpc) is 3.19. The molecule has 2 aromatic rings. The molecule has 1 N–H and O–H groups in total. The molecule has 29 heavy (non-hydrogen) atoms. The molecule has 6 heteroatoms. The van der Waals surface area contributed by atoms with Crippen molar-refractivity contribution in [3.8, 4) is 5.75 Å². The predicted molar refractivity (Wildman–Crippen MR) is 133 cm³/mol. The number of nitrogens with zero attached hydrogens (tertiary/aromatic N) is 3. The van der Waals surface area contributed by atoms with E-state index in [1.165, 1.54) is 23.2 Å². The Bertz CT molecular complexity index is 794. The molecule has 0 saturated carbocycles. The Kier molecular flexibility index (Phi) is 9.07. The molecule has 1 unspecified atom stereocenters. The molecule has 0 spiro atoms. The molecule has 0 radical (unpaired) electrons. The first kappa shape index (κ1) is 23.3. The number of benzene rings is 2. The van der Waals surface area contributed by atoms with Crippen molar-refractivity contribution in [1.29, 1.82) is 0 Å². The van der Waals surface area contributed by atoms with Gasteiger partial charge >= 0.3 is 0 Å². The molecule has 1 aliphatic heterocycles. The topological polar surface area (TPSA) is 40.1 Å². The van der Waals surface area contributed by atoms with Crippen molar-refractivity contribution in [1.82, 2.24) is 10.2 Å². The Morgan fingerprint density at radius 1 is 1.21 bits per heavy atom. The highest BCUT2D eigenvalue weighted by molar-refractivity contribution is 14.0. The lowest BCUT2D eigenvalue weighted by atomic mass is 10.1. The van der Waals surface area contributed by atoms with Crippen molar-refractivity contribution in [3.05, 3.63) is 59.7 Å². The fraction of sp³-hybridized carbons (Fsp3) is 0.435. The number of halogens is 1.